The number of hydrogen-bond donors (Lipinski definition) is 3. The van der Waals surface area contributed by atoms with Gasteiger partial charge in [-0.2, -0.15) is 9.37 Å². The van der Waals surface area contributed by atoms with Crippen molar-refractivity contribution in [1.82, 2.24) is 4.98 Å². The van der Waals surface area contributed by atoms with Gasteiger partial charge in [0.1, 0.15) is 27.6 Å². The van der Waals surface area contributed by atoms with Crippen molar-refractivity contribution in [3.63, 3.8) is 0 Å². The number of aromatic nitrogens is 1. The zero-order valence-electron chi connectivity index (χ0n) is 15.3. The second-order valence-corrected chi connectivity index (χ2v) is 6.93. The number of carboxylic acids is 1. The predicted molar refractivity (Wildman–Crippen MR) is 103 cm³/mol. The molecule has 0 amide bonds. The molecule has 1 heterocycles. The lowest BCUT2D eigenvalue weighted by atomic mass is 10.0. The Balaban J connectivity index is 2.43. The van der Waals surface area contributed by atoms with Gasteiger partial charge in [0, 0.05) is 12.7 Å². The van der Waals surface area contributed by atoms with Crippen LogP contribution in [0.2, 0.25) is 10.0 Å². The molecule has 1 unspecified atom stereocenters. The van der Waals surface area contributed by atoms with E-state index in [-0.39, 0.29) is 40.6 Å². The van der Waals surface area contributed by atoms with Crippen LogP contribution in [0.15, 0.2) is 18.2 Å². The van der Waals surface area contributed by atoms with E-state index in [9.17, 15) is 19.4 Å². The quantitative estimate of drug-likeness (QED) is 0.521. The SMILES string of the molecule is COCC(Nc1nc(F)c(Cl)c(Oc2ccc(O)c(C(C)C)c2)c1Cl)C(=O)O. The van der Waals surface area contributed by atoms with Crippen molar-refractivity contribution in [2.75, 3.05) is 19.0 Å². The van der Waals surface area contributed by atoms with Crippen LogP contribution in [0.25, 0.3) is 0 Å². The van der Waals surface area contributed by atoms with Gasteiger partial charge in [0.25, 0.3) is 0 Å². The zero-order chi connectivity index (χ0) is 21.0. The molecular weight excluding hydrogens is 414 g/mol. The highest BCUT2D eigenvalue weighted by Gasteiger charge is 2.24. The van der Waals surface area contributed by atoms with Gasteiger partial charge in [0.15, 0.2) is 11.6 Å². The van der Waals surface area contributed by atoms with Gasteiger partial charge in [-0.05, 0) is 24.1 Å². The number of phenols is 1. The van der Waals surface area contributed by atoms with Crippen LogP contribution in [0.4, 0.5) is 10.2 Å². The van der Waals surface area contributed by atoms with E-state index in [1.165, 1.54) is 19.2 Å². The number of carboxylic acid groups (broad SMARTS) is 1. The minimum Gasteiger partial charge on any atom is -0.508 e. The topological polar surface area (TPSA) is 101 Å². The molecule has 10 heteroatoms. The van der Waals surface area contributed by atoms with E-state index in [2.05, 4.69) is 10.3 Å². The highest BCUT2D eigenvalue weighted by atomic mass is 35.5. The van der Waals surface area contributed by atoms with Crippen LogP contribution in [0.1, 0.15) is 25.3 Å². The first-order valence-corrected chi connectivity index (χ1v) is 8.94. The molecule has 0 aliphatic rings. The monoisotopic (exact) mass is 432 g/mol. The Morgan fingerprint density at radius 1 is 1.32 bits per heavy atom. The van der Waals surface area contributed by atoms with Crippen LogP contribution in [0, 0.1) is 5.95 Å². The summed E-state index contributed by atoms with van der Waals surface area (Å²) in [5, 5.41) is 20.9. The van der Waals surface area contributed by atoms with Gasteiger partial charge >= 0.3 is 5.97 Å². The Hall–Kier alpha value is -2.29. The maximum Gasteiger partial charge on any atom is 0.328 e. The minimum absolute atomic E-state index is 0.00580. The number of pyridine rings is 1. The molecule has 0 fully saturated rings. The van der Waals surface area contributed by atoms with Gasteiger partial charge in [-0.1, -0.05) is 37.0 Å². The molecule has 3 N–H and O–H groups in total. The highest BCUT2D eigenvalue weighted by molar-refractivity contribution is 6.38. The molecule has 0 saturated carbocycles. The summed E-state index contributed by atoms with van der Waals surface area (Å²) in [7, 11) is 1.32. The van der Waals surface area contributed by atoms with Gasteiger partial charge < -0.3 is 25.0 Å². The molecule has 152 valence electrons. The minimum atomic E-state index is -1.24. The Morgan fingerprint density at radius 2 is 2.00 bits per heavy atom. The zero-order valence-corrected chi connectivity index (χ0v) is 16.8. The van der Waals surface area contributed by atoms with Gasteiger partial charge in [-0.25, -0.2) is 4.79 Å². The molecule has 0 radical (unpaired) electrons. The third-order valence-corrected chi connectivity index (χ3v) is 4.46. The van der Waals surface area contributed by atoms with Gasteiger partial charge in [0.05, 0.1) is 6.61 Å². The Morgan fingerprint density at radius 3 is 2.57 bits per heavy atom. The third-order valence-electron chi connectivity index (χ3n) is 3.78. The second kappa shape index (κ2) is 9.27. The van der Waals surface area contributed by atoms with Crippen LogP contribution in [0.5, 0.6) is 17.2 Å². The maximum absolute atomic E-state index is 14.2. The molecule has 0 aliphatic carbocycles. The number of carbonyl (C=O) groups is 1. The normalized spacial score (nSPS) is 12.1. The van der Waals surface area contributed by atoms with E-state index >= 15 is 0 Å². The fraction of sp³-hybridized carbons (Fsp3) is 0.333. The Bertz CT molecular complexity index is 880. The van der Waals surface area contributed by atoms with Crippen molar-refractivity contribution in [3.8, 4) is 17.2 Å². The highest BCUT2D eigenvalue weighted by Crippen LogP contribution is 2.42. The molecule has 1 atom stereocenters. The van der Waals surface area contributed by atoms with E-state index in [0.717, 1.165) is 0 Å². The van der Waals surface area contributed by atoms with Crippen molar-refractivity contribution >= 4 is 35.0 Å². The molecular formula is C18H19Cl2FN2O5. The van der Waals surface area contributed by atoms with E-state index in [0.29, 0.717) is 5.56 Å². The summed E-state index contributed by atoms with van der Waals surface area (Å²) in [6.45, 7) is 3.56. The first-order valence-electron chi connectivity index (χ1n) is 8.19. The summed E-state index contributed by atoms with van der Waals surface area (Å²) in [5.41, 5.74) is 0.614. The molecule has 0 bridgehead atoms. The van der Waals surface area contributed by atoms with Crippen molar-refractivity contribution in [1.29, 1.82) is 0 Å². The Kier molecular flexibility index (Phi) is 7.29. The van der Waals surface area contributed by atoms with Gasteiger partial charge in [-0.15, -0.1) is 0 Å². The van der Waals surface area contributed by atoms with Crippen LogP contribution in [-0.4, -0.2) is 40.9 Å². The first kappa shape index (κ1) is 22.0. The fourth-order valence-electron chi connectivity index (χ4n) is 2.36. The molecule has 28 heavy (non-hydrogen) atoms. The molecule has 0 aliphatic heterocycles. The maximum atomic E-state index is 14.2. The van der Waals surface area contributed by atoms with Gasteiger partial charge in [-0.3, -0.25) is 0 Å². The number of hydrogen-bond acceptors (Lipinski definition) is 6. The smallest absolute Gasteiger partial charge is 0.328 e. The molecule has 7 nitrogen and oxygen atoms in total. The van der Waals surface area contributed by atoms with Gasteiger partial charge in [0.2, 0.25) is 5.95 Å². The summed E-state index contributed by atoms with van der Waals surface area (Å²) >= 11 is 12.2. The number of ether oxygens (including phenoxy) is 2. The van der Waals surface area contributed by atoms with Crippen LogP contribution in [0.3, 0.4) is 0 Å². The van der Waals surface area contributed by atoms with Crippen molar-refractivity contribution in [2.45, 2.75) is 25.8 Å². The predicted octanol–water partition coefficient (Wildman–Crippen LogP) is 4.66. The first-order chi connectivity index (χ1) is 13.1. The molecule has 0 spiro atoms. The van der Waals surface area contributed by atoms with E-state index < -0.39 is 23.0 Å². The molecule has 1 aromatic heterocycles. The number of benzene rings is 1. The molecule has 0 saturated heterocycles. The van der Waals surface area contributed by atoms with Crippen molar-refractivity contribution in [3.05, 3.63) is 39.8 Å². The number of anilines is 1. The molecule has 2 aromatic rings. The number of rotatable bonds is 8. The lowest BCUT2D eigenvalue weighted by Crippen LogP contribution is -2.34. The number of methoxy groups -OCH3 is 1. The number of phenolic OH excluding ortho intramolecular Hbond substituents is 1. The largest absolute Gasteiger partial charge is 0.508 e. The lowest BCUT2D eigenvalue weighted by molar-refractivity contribution is -0.139. The standard InChI is InChI=1S/C18H19Cl2FN2O5/c1-8(2)10-6-9(4-5-12(10)24)28-15-13(19)16(21)23-17(14(15)20)22-11(7-27-3)18(25)26/h4-6,8,11,24H,7H2,1-3H3,(H,22,23)(H,25,26). The molecule has 2 rings (SSSR count). The average Bonchev–Trinajstić information content (AvgIpc) is 2.63. The van der Waals surface area contributed by atoms with Crippen molar-refractivity contribution in [2.24, 2.45) is 0 Å². The van der Waals surface area contributed by atoms with E-state index in [1.807, 2.05) is 13.8 Å². The number of aromatic hydroxyl groups is 1. The number of nitrogens with zero attached hydrogens (tertiary/aromatic N) is 1. The number of nitrogens with one attached hydrogen (secondary N) is 1. The van der Waals surface area contributed by atoms with E-state index in [1.54, 1.807) is 6.07 Å². The summed E-state index contributed by atoms with van der Waals surface area (Å²) in [5.74, 6) is -2.47. The summed E-state index contributed by atoms with van der Waals surface area (Å²) < 4.78 is 24.6. The second-order valence-electron chi connectivity index (χ2n) is 6.18. The Labute approximate surface area is 171 Å². The summed E-state index contributed by atoms with van der Waals surface area (Å²) in [6.07, 6.45) is 0. The van der Waals surface area contributed by atoms with Crippen molar-refractivity contribution < 1.29 is 28.9 Å². The van der Waals surface area contributed by atoms with Crippen LogP contribution in [-0.2, 0) is 9.53 Å². The number of halogens is 3. The number of aliphatic carboxylic acids is 1. The molecule has 1 aromatic carbocycles. The fourth-order valence-corrected chi connectivity index (χ4v) is 2.82. The van der Waals surface area contributed by atoms with E-state index in [4.69, 9.17) is 32.7 Å². The van der Waals surface area contributed by atoms with Crippen LogP contribution >= 0.6 is 23.2 Å². The lowest BCUT2D eigenvalue weighted by Gasteiger charge is -2.18. The summed E-state index contributed by atoms with van der Waals surface area (Å²) in [6, 6.07) is 3.25. The third kappa shape index (κ3) is 4.95. The summed E-state index contributed by atoms with van der Waals surface area (Å²) in [4.78, 5) is 14.8. The average molecular weight is 433 g/mol. The van der Waals surface area contributed by atoms with Crippen LogP contribution < -0.4 is 10.1 Å².